The van der Waals surface area contributed by atoms with E-state index >= 15 is 0 Å². The van der Waals surface area contributed by atoms with Crippen molar-refractivity contribution >= 4 is 27.5 Å². The van der Waals surface area contributed by atoms with Crippen molar-refractivity contribution in [2.24, 2.45) is 5.92 Å². The Morgan fingerprint density at radius 1 is 1.43 bits per heavy atom. The van der Waals surface area contributed by atoms with Gasteiger partial charge in [-0.3, -0.25) is 4.79 Å². The maximum absolute atomic E-state index is 13.2. The number of carbonyl (C=O) groups is 1. The molecule has 1 saturated heterocycles. The predicted octanol–water partition coefficient (Wildman–Crippen LogP) is 2.27. The lowest BCUT2D eigenvalue weighted by Gasteiger charge is -2.17. The number of halogens is 2. The van der Waals surface area contributed by atoms with E-state index in [0.29, 0.717) is 18.7 Å². The molecule has 5 nitrogen and oxygen atoms in total. The molecule has 0 bridgehead atoms. The molecule has 23 heavy (non-hydrogen) atoms. The van der Waals surface area contributed by atoms with Crippen molar-refractivity contribution in [2.75, 3.05) is 19.3 Å². The van der Waals surface area contributed by atoms with Gasteiger partial charge in [-0.05, 0) is 30.5 Å². The number of nitrogens with zero attached hydrogens (tertiary/aromatic N) is 1. The minimum absolute atomic E-state index is 0.0644. The summed E-state index contributed by atoms with van der Waals surface area (Å²) in [6.07, 6.45) is 2.83. The predicted molar refractivity (Wildman–Crippen MR) is 87.5 cm³/mol. The van der Waals surface area contributed by atoms with E-state index in [-0.39, 0.29) is 22.9 Å². The largest absolute Gasteiger partial charge is 0.337 e. The Labute approximate surface area is 140 Å². The first kappa shape index (κ1) is 18.2. The SMILES string of the molecule is CCCC1CN(C(=O)c2ccc(F)c(Cl)c2)CC1NS(C)(=O)=O. The highest BCUT2D eigenvalue weighted by atomic mass is 35.5. The number of benzene rings is 1. The summed E-state index contributed by atoms with van der Waals surface area (Å²) >= 11 is 5.72. The Kier molecular flexibility index (Phi) is 5.65. The Hall–Kier alpha value is -1.18. The summed E-state index contributed by atoms with van der Waals surface area (Å²) < 4.78 is 38.8. The van der Waals surface area contributed by atoms with Crippen LogP contribution >= 0.6 is 11.6 Å². The molecule has 0 saturated carbocycles. The van der Waals surface area contributed by atoms with Gasteiger partial charge in [0, 0.05) is 24.7 Å². The molecular weight excluding hydrogens is 343 g/mol. The summed E-state index contributed by atoms with van der Waals surface area (Å²) in [5, 5.41) is -0.106. The van der Waals surface area contributed by atoms with Crippen molar-refractivity contribution in [1.29, 1.82) is 0 Å². The fourth-order valence-corrected chi connectivity index (χ4v) is 3.92. The molecule has 1 aromatic carbocycles. The normalized spacial score (nSPS) is 21.7. The lowest BCUT2D eigenvalue weighted by molar-refractivity contribution is 0.0785. The number of rotatable bonds is 5. The van der Waals surface area contributed by atoms with Crippen molar-refractivity contribution < 1.29 is 17.6 Å². The monoisotopic (exact) mass is 362 g/mol. The van der Waals surface area contributed by atoms with Gasteiger partial charge in [0.15, 0.2) is 0 Å². The van der Waals surface area contributed by atoms with Gasteiger partial charge >= 0.3 is 0 Å². The van der Waals surface area contributed by atoms with E-state index < -0.39 is 15.8 Å². The van der Waals surface area contributed by atoms with Crippen molar-refractivity contribution in [3.8, 4) is 0 Å². The van der Waals surface area contributed by atoms with Gasteiger partial charge in [-0.1, -0.05) is 24.9 Å². The zero-order valence-electron chi connectivity index (χ0n) is 13.1. The van der Waals surface area contributed by atoms with Crippen LogP contribution in [0.15, 0.2) is 18.2 Å². The Bertz CT molecular complexity index is 696. The van der Waals surface area contributed by atoms with Gasteiger partial charge in [0.25, 0.3) is 5.91 Å². The summed E-state index contributed by atoms with van der Waals surface area (Å²) in [6.45, 7) is 2.78. The molecule has 1 amide bonds. The third kappa shape index (κ3) is 4.65. The summed E-state index contributed by atoms with van der Waals surface area (Å²) in [5.41, 5.74) is 0.298. The van der Waals surface area contributed by atoms with Gasteiger partial charge in [0.05, 0.1) is 11.3 Å². The van der Waals surface area contributed by atoms with Gasteiger partial charge in [-0.25, -0.2) is 17.5 Å². The number of amides is 1. The Morgan fingerprint density at radius 2 is 2.13 bits per heavy atom. The van der Waals surface area contributed by atoms with Crippen LogP contribution in [0.5, 0.6) is 0 Å². The second kappa shape index (κ2) is 7.15. The van der Waals surface area contributed by atoms with Crippen LogP contribution in [0.4, 0.5) is 4.39 Å². The van der Waals surface area contributed by atoms with E-state index in [1.54, 1.807) is 4.90 Å². The van der Waals surface area contributed by atoms with Gasteiger partial charge in [-0.2, -0.15) is 0 Å². The lowest BCUT2D eigenvalue weighted by Crippen LogP contribution is -2.40. The van der Waals surface area contributed by atoms with Crippen LogP contribution in [-0.2, 0) is 10.0 Å². The Morgan fingerprint density at radius 3 is 2.70 bits per heavy atom. The maximum Gasteiger partial charge on any atom is 0.253 e. The zero-order chi connectivity index (χ0) is 17.2. The average Bonchev–Trinajstić information content (AvgIpc) is 2.82. The minimum Gasteiger partial charge on any atom is -0.337 e. The second-order valence-corrected chi connectivity index (χ2v) is 8.07. The molecule has 1 aliphatic rings. The zero-order valence-corrected chi connectivity index (χ0v) is 14.6. The van der Waals surface area contributed by atoms with E-state index in [1.165, 1.54) is 12.1 Å². The van der Waals surface area contributed by atoms with Crippen LogP contribution in [-0.4, -0.2) is 44.6 Å². The third-order valence-corrected chi connectivity index (χ3v) is 4.94. The van der Waals surface area contributed by atoms with Crippen molar-refractivity contribution in [3.63, 3.8) is 0 Å². The van der Waals surface area contributed by atoms with Crippen LogP contribution in [0.3, 0.4) is 0 Å². The van der Waals surface area contributed by atoms with Crippen LogP contribution in [0, 0.1) is 11.7 Å². The van der Waals surface area contributed by atoms with Crippen molar-refractivity contribution in [1.82, 2.24) is 9.62 Å². The summed E-state index contributed by atoms with van der Waals surface area (Å²) in [6, 6.07) is 3.53. The number of carbonyl (C=O) groups excluding carboxylic acids is 1. The minimum atomic E-state index is -3.34. The molecule has 0 spiro atoms. The van der Waals surface area contributed by atoms with E-state index in [4.69, 9.17) is 11.6 Å². The van der Waals surface area contributed by atoms with E-state index in [2.05, 4.69) is 4.72 Å². The van der Waals surface area contributed by atoms with Crippen LogP contribution in [0.25, 0.3) is 0 Å². The van der Waals surface area contributed by atoms with Crippen LogP contribution in [0.2, 0.25) is 5.02 Å². The van der Waals surface area contributed by atoms with E-state index in [1.807, 2.05) is 6.92 Å². The highest BCUT2D eigenvalue weighted by Gasteiger charge is 2.36. The van der Waals surface area contributed by atoms with Crippen LogP contribution < -0.4 is 4.72 Å². The first-order valence-corrected chi connectivity index (χ1v) is 9.70. The van der Waals surface area contributed by atoms with Gasteiger partial charge in [0.1, 0.15) is 5.82 Å². The topological polar surface area (TPSA) is 66.5 Å². The molecule has 0 aliphatic carbocycles. The highest BCUT2D eigenvalue weighted by Crippen LogP contribution is 2.25. The van der Waals surface area contributed by atoms with Gasteiger partial charge in [0.2, 0.25) is 10.0 Å². The first-order valence-electron chi connectivity index (χ1n) is 7.43. The molecular formula is C15H20ClFN2O3S. The smallest absolute Gasteiger partial charge is 0.253 e. The number of hydrogen-bond acceptors (Lipinski definition) is 3. The maximum atomic E-state index is 13.2. The molecule has 1 heterocycles. The molecule has 2 unspecified atom stereocenters. The first-order chi connectivity index (χ1) is 10.7. The molecule has 1 aliphatic heterocycles. The third-order valence-electron chi connectivity index (χ3n) is 3.92. The summed E-state index contributed by atoms with van der Waals surface area (Å²) in [5.74, 6) is -0.787. The summed E-state index contributed by atoms with van der Waals surface area (Å²) in [4.78, 5) is 14.1. The van der Waals surface area contributed by atoms with Crippen molar-refractivity contribution in [2.45, 2.75) is 25.8 Å². The molecule has 1 fully saturated rings. The fourth-order valence-electron chi connectivity index (χ4n) is 2.92. The molecule has 2 atom stereocenters. The summed E-state index contributed by atoms with van der Waals surface area (Å²) in [7, 11) is -3.34. The molecule has 128 valence electrons. The van der Waals surface area contributed by atoms with Gasteiger partial charge < -0.3 is 4.90 Å². The quantitative estimate of drug-likeness (QED) is 0.873. The average molecular weight is 363 g/mol. The van der Waals surface area contributed by atoms with Crippen LogP contribution in [0.1, 0.15) is 30.1 Å². The molecule has 1 N–H and O–H groups in total. The molecule has 1 aromatic rings. The Balaban J connectivity index is 2.16. The van der Waals surface area contributed by atoms with E-state index in [9.17, 15) is 17.6 Å². The molecule has 8 heteroatoms. The standard InChI is InChI=1S/C15H20ClFN2O3S/c1-3-4-11-8-19(9-14(11)18-23(2,21)22)15(20)10-5-6-13(17)12(16)7-10/h5-7,11,14,18H,3-4,8-9H2,1-2H3. The fraction of sp³-hybridized carbons (Fsp3) is 0.533. The second-order valence-electron chi connectivity index (χ2n) is 5.88. The van der Waals surface area contributed by atoms with Gasteiger partial charge in [-0.15, -0.1) is 0 Å². The number of likely N-dealkylation sites (tertiary alicyclic amines) is 1. The number of sulfonamides is 1. The van der Waals surface area contributed by atoms with Crippen molar-refractivity contribution in [3.05, 3.63) is 34.6 Å². The molecule has 0 aromatic heterocycles. The molecule has 0 radical (unpaired) electrons. The highest BCUT2D eigenvalue weighted by molar-refractivity contribution is 7.88. The lowest BCUT2D eigenvalue weighted by atomic mass is 9.99. The number of nitrogens with one attached hydrogen (secondary N) is 1. The number of hydrogen-bond donors (Lipinski definition) is 1. The molecule has 2 rings (SSSR count). The van der Waals surface area contributed by atoms with E-state index in [0.717, 1.165) is 25.2 Å².